The molecule has 0 saturated carbocycles. The molecule has 8 heteroatoms. The van der Waals surface area contributed by atoms with Crippen molar-refractivity contribution in [1.29, 1.82) is 0 Å². The molecule has 28 heavy (non-hydrogen) atoms. The van der Waals surface area contributed by atoms with Gasteiger partial charge in [-0.05, 0) is 51.1 Å². The van der Waals surface area contributed by atoms with Gasteiger partial charge in [-0.15, -0.1) is 0 Å². The van der Waals surface area contributed by atoms with Gasteiger partial charge < -0.3 is 5.32 Å². The SMILES string of the molecule is CC(C)NC(=O)[C@@H](C)n1c(=O)n(-c2ccc(F)c(Cl)c2)c(=O)c2ccccc21. The van der Waals surface area contributed by atoms with Crippen molar-refractivity contribution in [2.24, 2.45) is 0 Å². The zero-order valence-corrected chi connectivity index (χ0v) is 16.3. The number of amides is 1. The fraction of sp³-hybridized carbons (Fsp3) is 0.250. The summed E-state index contributed by atoms with van der Waals surface area (Å²) in [5.41, 5.74) is -0.820. The fourth-order valence-electron chi connectivity index (χ4n) is 3.03. The Bertz CT molecular complexity index is 1180. The summed E-state index contributed by atoms with van der Waals surface area (Å²) in [7, 11) is 0. The van der Waals surface area contributed by atoms with E-state index in [-0.39, 0.29) is 28.0 Å². The van der Waals surface area contributed by atoms with Crippen molar-refractivity contribution in [2.45, 2.75) is 32.9 Å². The van der Waals surface area contributed by atoms with Gasteiger partial charge in [0.2, 0.25) is 5.91 Å². The maximum atomic E-state index is 13.5. The number of fused-ring (bicyclic) bond motifs is 1. The second kappa shape index (κ2) is 7.59. The van der Waals surface area contributed by atoms with Gasteiger partial charge in [-0.2, -0.15) is 0 Å². The van der Waals surface area contributed by atoms with Crippen molar-refractivity contribution in [3.63, 3.8) is 0 Å². The first-order valence-electron chi connectivity index (χ1n) is 8.74. The maximum Gasteiger partial charge on any atom is 0.336 e. The van der Waals surface area contributed by atoms with E-state index in [4.69, 9.17) is 11.6 Å². The van der Waals surface area contributed by atoms with E-state index in [1.54, 1.807) is 31.2 Å². The Morgan fingerprint density at radius 3 is 2.43 bits per heavy atom. The highest BCUT2D eigenvalue weighted by Gasteiger charge is 2.23. The van der Waals surface area contributed by atoms with Crippen molar-refractivity contribution < 1.29 is 9.18 Å². The van der Waals surface area contributed by atoms with Crippen molar-refractivity contribution >= 4 is 28.4 Å². The Balaban J connectivity index is 2.35. The minimum absolute atomic E-state index is 0.112. The number of carbonyl (C=O) groups is 1. The molecule has 0 aliphatic carbocycles. The monoisotopic (exact) mass is 403 g/mol. The van der Waals surface area contributed by atoms with Gasteiger partial charge in [0.05, 0.1) is 21.6 Å². The van der Waals surface area contributed by atoms with Gasteiger partial charge in [-0.1, -0.05) is 23.7 Å². The number of nitrogens with one attached hydrogen (secondary N) is 1. The normalized spacial score (nSPS) is 12.4. The number of nitrogens with zero attached hydrogens (tertiary/aromatic N) is 2. The number of aromatic nitrogens is 2. The number of para-hydroxylation sites is 1. The van der Waals surface area contributed by atoms with Gasteiger partial charge in [-0.3, -0.25) is 14.2 Å². The molecule has 146 valence electrons. The number of carbonyl (C=O) groups excluding carboxylic acids is 1. The molecule has 0 fully saturated rings. The predicted octanol–water partition coefficient (Wildman–Crippen LogP) is 3.03. The second-order valence-electron chi connectivity index (χ2n) is 6.75. The zero-order chi connectivity index (χ0) is 20.6. The standard InChI is InChI=1S/C20H19ClFN3O3/c1-11(2)23-18(26)12(3)24-17-7-5-4-6-14(17)19(27)25(20(24)28)13-8-9-16(22)15(21)10-13/h4-12H,1-3H3,(H,23,26)/t12-/m1/s1. The highest BCUT2D eigenvalue weighted by Crippen LogP contribution is 2.19. The van der Waals surface area contributed by atoms with Crippen LogP contribution in [0.1, 0.15) is 26.8 Å². The number of hydrogen-bond donors (Lipinski definition) is 1. The molecule has 1 aromatic heterocycles. The van der Waals surface area contributed by atoms with Crippen LogP contribution in [0.25, 0.3) is 16.6 Å². The van der Waals surface area contributed by atoms with Crippen LogP contribution in [-0.2, 0) is 4.79 Å². The first kappa shape index (κ1) is 19.8. The molecule has 3 rings (SSSR count). The lowest BCUT2D eigenvalue weighted by molar-refractivity contribution is -0.124. The fourth-order valence-corrected chi connectivity index (χ4v) is 3.21. The molecule has 0 unspecified atom stereocenters. The van der Waals surface area contributed by atoms with Gasteiger partial charge in [0.1, 0.15) is 11.9 Å². The van der Waals surface area contributed by atoms with E-state index >= 15 is 0 Å². The Labute approximate surface area is 165 Å². The molecule has 6 nitrogen and oxygen atoms in total. The van der Waals surface area contributed by atoms with Crippen LogP contribution in [0, 0.1) is 5.82 Å². The third-order valence-electron chi connectivity index (χ3n) is 4.35. The second-order valence-corrected chi connectivity index (χ2v) is 7.16. The smallest absolute Gasteiger partial charge is 0.336 e. The minimum atomic E-state index is -0.873. The molecule has 1 atom stereocenters. The number of hydrogen-bond acceptors (Lipinski definition) is 3. The molecule has 0 aliphatic rings. The van der Waals surface area contributed by atoms with Crippen LogP contribution >= 0.6 is 11.6 Å². The summed E-state index contributed by atoms with van der Waals surface area (Å²) < 4.78 is 15.7. The van der Waals surface area contributed by atoms with E-state index in [0.29, 0.717) is 5.52 Å². The van der Waals surface area contributed by atoms with Gasteiger partial charge in [-0.25, -0.2) is 13.8 Å². The van der Waals surface area contributed by atoms with E-state index < -0.39 is 23.1 Å². The lowest BCUT2D eigenvalue weighted by Crippen LogP contribution is -2.44. The summed E-state index contributed by atoms with van der Waals surface area (Å²) in [5.74, 6) is -1.02. The minimum Gasteiger partial charge on any atom is -0.352 e. The Hall–Kier alpha value is -2.93. The number of benzene rings is 2. The first-order chi connectivity index (χ1) is 13.2. The summed E-state index contributed by atoms with van der Waals surface area (Å²) in [6, 6.07) is 9.13. The summed E-state index contributed by atoms with van der Waals surface area (Å²) in [6.45, 7) is 5.21. The molecule has 1 heterocycles. The van der Waals surface area contributed by atoms with Crippen molar-refractivity contribution in [3.8, 4) is 5.69 Å². The Kier molecular flexibility index (Phi) is 5.38. The van der Waals surface area contributed by atoms with Crippen LogP contribution < -0.4 is 16.6 Å². The van der Waals surface area contributed by atoms with E-state index in [1.165, 1.54) is 16.7 Å². The lowest BCUT2D eigenvalue weighted by atomic mass is 10.2. The number of halogens is 2. The molecule has 3 aromatic rings. The molecule has 2 aromatic carbocycles. The molecule has 0 aliphatic heterocycles. The molecule has 0 radical (unpaired) electrons. The van der Waals surface area contributed by atoms with Crippen molar-refractivity contribution in [3.05, 3.63) is 74.1 Å². The quantitative estimate of drug-likeness (QED) is 0.727. The van der Waals surface area contributed by atoms with E-state index in [9.17, 15) is 18.8 Å². The van der Waals surface area contributed by atoms with E-state index in [1.807, 2.05) is 13.8 Å². The highest BCUT2D eigenvalue weighted by atomic mass is 35.5. The van der Waals surface area contributed by atoms with Gasteiger partial charge in [0, 0.05) is 6.04 Å². The maximum absolute atomic E-state index is 13.5. The third-order valence-corrected chi connectivity index (χ3v) is 4.64. The van der Waals surface area contributed by atoms with Crippen LogP contribution in [0.2, 0.25) is 5.02 Å². The average Bonchev–Trinajstić information content (AvgIpc) is 2.64. The van der Waals surface area contributed by atoms with Crippen molar-refractivity contribution in [2.75, 3.05) is 0 Å². The molecule has 1 amide bonds. The predicted molar refractivity (Wildman–Crippen MR) is 107 cm³/mol. The number of rotatable bonds is 4. The van der Waals surface area contributed by atoms with Gasteiger partial charge in [0.25, 0.3) is 5.56 Å². The first-order valence-corrected chi connectivity index (χ1v) is 9.12. The summed E-state index contributed by atoms with van der Waals surface area (Å²) in [5, 5.41) is 2.81. The Morgan fingerprint density at radius 1 is 1.11 bits per heavy atom. The van der Waals surface area contributed by atoms with E-state index in [2.05, 4.69) is 5.32 Å². The lowest BCUT2D eigenvalue weighted by Gasteiger charge is -2.20. The van der Waals surface area contributed by atoms with Crippen LogP contribution in [0.3, 0.4) is 0 Å². The summed E-state index contributed by atoms with van der Waals surface area (Å²) in [4.78, 5) is 38.8. The van der Waals surface area contributed by atoms with Crippen LogP contribution in [0.5, 0.6) is 0 Å². The van der Waals surface area contributed by atoms with Crippen molar-refractivity contribution in [1.82, 2.24) is 14.5 Å². The Morgan fingerprint density at radius 2 is 1.79 bits per heavy atom. The zero-order valence-electron chi connectivity index (χ0n) is 15.6. The molecule has 0 bridgehead atoms. The van der Waals surface area contributed by atoms with Crippen LogP contribution in [-0.4, -0.2) is 21.1 Å². The highest BCUT2D eigenvalue weighted by molar-refractivity contribution is 6.30. The third kappa shape index (κ3) is 3.45. The van der Waals surface area contributed by atoms with Crippen LogP contribution in [0.4, 0.5) is 4.39 Å². The topological polar surface area (TPSA) is 73.1 Å². The summed E-state index contributed by atoms with van der Waals surface area (Å²) >= 11 is 5.83. The molecular formula is C20H19ClFN3O3. The summed E-state index contributed by atoms with van der Waals surface area (Å²) in [6.07, 6.45) is 0. The molecule has 0 spiro atoms. The van der Waals surface area contributed by atoms with Crippen LogP contribution in [0.15, 0.2) is 52.1 Å². The largest absolute Gasteiger partial charge is 0.352 e. The molecule has 0 saturated heterocycles. The average molecular weight is 404 g/mol. The molecule has 1 N–H and O–H groups in total. The van der Waals surface area contributed by atoms with Gasteiger partial charge in [0.15, 0.2) is 0 Å². The van der Waals surface area contributed by atoms with E-state index in [0.717, 1.165) is 10.6 Å². The molecular weight excluding hydrogens is 385 g/mol. The van der Waals surface area contributed by atoms with Gasteiger partial charge >= 0.3 is 5.69 Å².